The molecule has 0 aliphatic heterocycles. The lowest BCUT2D eigenvalue weighted by Crippen LogP contribution is -2.31. The van der Waals surface area contributed by atoms with Crippen molar-refractivity contribution in [2.24, 2.45) is 0 Å². The van der Waals surface area contributed by atoms with Gasteiger partial charge in [0.2, 0.25) is 0 Å². The molecule has 1 aromatic heterocycles. The van der Waals surface area contributed by atoms with Gasteiger partial charge < -0.3 is 9.84 Å². The number of benzene rings is 1. The second kappa shape index (κ2) is 6.36. The van der Waals surface area contributed by atoms with Crippen molar-refractivity contribution in [2.45, 2.75) is 13.0 Å². The summed E-state index contributed by atoms with van der Waals surface area (Å²) in [4.78, 5) is 34.5. The molecule has 0 spiro atoms. The SMILES string of the molecule is COc1cccc(-c2cc(=O)n(CCC(=O)O)c(=O)s2)c1. The fourth-order valence-corrected chi connectivity index (χ4v) is 2.67. The van der Waals surface area contributed by atoms with E-state index in [9.17, 15) is 14.4 Å². The topological polar surface area (TPSA) is 85.6 Å². The van der Waals surface area contributed by atoms with Gasteiger partial charge in [-0.05, 0) is 17.7 Å². The normalized spacial score (nSPS) is 10.3. The Kier molecular flexibility index (Phi) is 4.54. The number of carboxylic acid groups (broad SMARTS) is 1. The van der Waals surface area contributed by atoms with E-state index < -0.39 is 16.4 Å². The van der Waals surface area contributed by atoms with Crippen LogP contribution in [-0.4, -0.2) is 22.8 Å². The summed E-state index contributed by atoms with van der Waals surface area (Å²) < 4.78 is 6.04. The van der Waals surface area contributed by atoms with Gasteiger partial charge in [0, 0.05) is 17.5 Å². The van der Waals surface area contributed by atoms with Gasteiger partial charge >= 0.3 is 10.8 Å². The van der Waals surface area contributed by atoms with Gasteiger partial charge in [-0.25, -0.2) is 0 Å². The standard InChI is InChI=1S/C14H13NO5S/c1-20-10-4-2-3-9(7-10)11-8-12(16)15(14(19)21-11)6-5-13(17)18/h2-4,7-8H,5-6H2,1H3,(H,17,18). The number of rotatable bonds is 5. The summed E-state index contributed by atoms with van der Waals surface area (Å²) in [6, 6.07) is 8.37. The summed E-state index contributed by atoms with van der Waals surface area (Å²) in [6.45, 7) is -0.123. The van der Waals surface area contributed by atoms with E-state index in [1.165, 1.54) is 13.2 Å². The van der Waals surface area contributed by atoms with Crippen molar-refractivity contribution < 1.29 is 14.6 Å². The summed E-state index contributed by atoms with van der Waals surface area (Å²) in [5.41, 5.74) is 0.205. The van der Waals surface area contributed by atoms with Gasteiger partial charge in [-0.1, -0.05) is 23.5 Å². The highest BCUT2D eigenvalue weighted by Gasteiger charge is 2.09. The molecule has 0 bridgehead atoms. The monoisotopic (exact) mass is 307 g/mol. The van der Waals surface area contributed by atoms with E-state index in [1.807, 2.05) is 0 Å². The second-order valence-corrected chi connectivity index (χ2v) is 5.24. The lowest BCUT2D eigenvalue weighted by molar-refractivity contribution is -0.137. The number of aromatic nitrogens is 1. The van der Waals surface area contributed by atoms with Gasteiger partial charge in [0.25, 0.3) is 5.56 Å². The molecule has 0 radical (unpaired) electrons. The Balaban J connectivity index is 2.41. The molecular formula is C14H13NO5S. The van der Waals surface area contributed by atoms with Gasteiger partial charge in [-0.15, -0.1) is 0 Å². The van der Waals surface area contributed by atoms with Crippen molar-refractivity contribution in [3.63, 3.8) is 0 Å². The first-order chi connectivity index (χ1) is 10.0. The maximum absolute atomic E-state index is 12.0. The number of hydrogen-bond acceptors (Lipinski definition) is 5. The molecule has 21 heavy (non-hydrogen) atoms. The Morgan fingerprint density at radius 2 is 2.10 bits per heavy atom. The highest BCUT2D eigenvalue weighted by Crippen LogP contribution is 2.24. The zero-order chi connectivity index (χ0) is 15.4. The molecule has 110 valence electrons. The molecule has 2 aromatic rings. The first kappa shape index (κ1) is 15.0. The van der Waals surface area contributed by atoms with Gasteiger partial charge in [0.1, 0.15) is 5.75 Å². The Hall–Kier alpha value is -2.41. The van der Waals surface area contributed by atoms with Crippen LogP contribution in [0.4, 0.5) is 0 Å². The maximum atomic E-state index is 12.0. The predicted octanol–water partition coefficient (Wildman–Crippen LogP) is 1.42. The molecule has 6 nitrogen and oxygen atoms in total. The van der Waals surface area contributed by atoms with Crippen LogP contribution in [0.25, 0.3) is 10.4 Å². The van der Waals surface area contributed by atoms with Crippen LogP contribution in [0.5, 0.6) is 5.75 Å². The highest BCUT2D eigenvalue weighted by atomic mass is 32.1. The number of hydrogen-bond donors (Lipinski definition) is 1. The summed E-state index contributed by atoms with van der Waals surface area (Å²) in [5, 5.41) is 8.62. The molecule has 7 heteroatoms. The summed E-state index contributed by atoms with van der Waals surface area (Å²) in [6.07, 6.45) is -0.264. The fraction of sp³-hybridized carbons (Fsp3) is 0.214. The van der Waals surface area contributed by atoms with Gasteiger partial charge in [0.05, 0.1) is 13.5 Å². The average molecular weight is 307 g/mol. The third-order valence-corrected chi connectivity index (χ3v) is 3.81. The third kappa shape index (κ3) is 3.57. The van der Waals surface area contributed by atoms with Gasteiger partial charge in [-0.3, -0.25) is 19.0 Å². The van der Waals surface area contributed by atoms with Crippen molar-refractivity contribution in [3.8, 4) is 16.2 Å². The fourth-order valence-electron chi connectivity index (χ4n) is 1.79. The average Bonchev–Trinajstić information content (AvgIpc) is 2.46. The Bertz CT molecular complexity index is 746. The lowest BCUT2D eigenvalue weighted by Gasteiger charge is -2.06. The van der Waals surface area contributed by atoms with Crippen molar-refractivity contribution >= 4 is 17.3 Å². The number of aliphatic carboxylic acids is 1. The molecule has 0 amide bonds. The van der Waals surface area contributed by atoms with E-state index in [2.05, 4.69) is 0 Å². The molecule has 1 heterocycles. The van der Waals surface area contributed by atoms with E-state index in [-0.39, 0.29) is 13.0 Å². The molecule has 0 atom stereocenters. The quantitative estimate of drug-likeness (QED) is 0.903. The highest BCUT2D eigenvalue weighted by molar-refractivity contribution is 7.12. The van der Waals surface area contributed by atoms with Crippen LogP contribution in [0.15, 0.2) is 39.9 Å². The molecule has 1 N–H and O–H groups in total. The summed E-state index contributed by atoms with van der Waals surface area (Å²) in [7, 11) is 1.53. The number of carbonyl (C=O) groups is 1. The van der Waals surface area contributed by atoms with Crippen LogP contribution >= 0.6 is 11.3 Å². The van der Waals surface area contributed by atoms with Crippen molar-refractivity contribution in [3.05, 3.63) is 50.4 Å². The predicted molar refractivity (Wildman–Crippen MR) is 79.1 cm³/mol. The lowest BCUT2D eigenvalue weighted by atomic mass is 10.2. The van der Waals surface area contributed by atoms with Crippen LogP contribution in [0, 0.1) is 0 Å². The van der Waals surface area contributed by atoms with E-state index in [1.54, 1.807) is 24.3 Å². The molecule has 0 aliphatic carbocycles. The van der Waals surface area contributed by atoms with Crippen LogP contribution in [0.3, 0.4) is 0 Å². The molecule has 0 aliphatic rings. The molecule has 2 rings (SSSR count). The van der Waals surface area contributed by atoms with Crippen molar-refractivity contribution in [2.75, 3.05) is 7.11 Å². The maximum Gasteiger partial charge on any atom is 0.310 e. The van der Waals surface area contributed by atoms with E-state index in [0.717, 1.165) is 15.9 Å². The zero-order valence-corrected chi connectivity index (χ0v) is 12.1. The van der Waals surface area contributed by atoms with E-state index in [4.69, 9.17) is 9.84 Å². The van der Waals surface area contributed by atoms with Crippen molar-refractivity contribution in [1.82, 2.24) is 4.57 Å². The summed E-state index contributed by atoms with van der Waals surface area (Å²) in [5.74, 6) is -0.426. The minimum atomic E-state index is -1.05. The second-order valence-electron chi connectivity index (χ2n) is 4.24. The van der Waals surface area contributed by atoms with Gasteiger partial charge in [0.15, 0.2) is 0 Å². The molecule has 0 unspecified atom stereocenters. The van der Waals surface area contributed by atoms with Gasteiger partial charge in [-0.2, -0.15) is 0 Å². The smallest absolute Gasteiger partial charge is 0.310 e. The Morgan fingerprint density at radius 3 is 2.71 bits per heavy atom. The Labute approximate surface area is 123 Å². The molecule has 0 fully saturated rings. The first-order valence-corrected chi connectivity index (χ1v) is 6.94. The number of methoxy groups -OCH3 is 1. The van der Waals surface area contributed by atoms with Crippen LogP contribution in [0.2, 0.25) is 0 Å². The molecular weight excluding hydrogens is 294 g/mol. The summed E-state index contributed by atoms with van der Waals surface area (Å²) >= 11 is 0.901. The van der Waals surface area contributed by atoms with Crippen LogP contribution in [-0.2, 0) is 11.3 Å². The largest absolute Gasteiger partial charge is 0.497 e. The number of nitrogens with zero attached hydrogens (tertiary/aromatic N) is 1. The number of ether oxygens (including phenoxy) is 1. The molecule has 1 aromatic carbocycles. The first-order valence-electron chi connectivity index (χ1n) is 6.12. The van der Waals surface area contributed by atoms with Crippen LogP contribution < -0.4 is 15.2 Å². The third-order valence-electron chi connectivity index (χ3n) is 2.84. The van der Waals surface area contributed by atoms with Crippen molar-refractivity contribution in [1.29, 1.82) is 0 Å². The Morgan fingerprint density at radius 1 is 1.33 bits per heavy atom. The molecule has 0 saturated carbocycles. The zero-order valence-electron chi connectivity index (χ0n) is 11.2. The minimum absolute atomic E-state index is 0.123. The van der Waals surface area contributed by atoms with E-state index >= 15 is 0 Å². The van der Waals surface area contributed by atoms with E-state index in [0.29, 0.717) is 16.2 Å². The minimum Gasteiger partial charge on any atom is -0.497 e. The number of carboxylic acids is 1. The molecule has 0 saturated heterocycles. The van der Waals surface area contributed by atoms with Crippen LogP contribution in [0.1, 0.15) is 6.42 Å².